The monoisotopic (exact) mass is 737 g/mol. The van der Waals surface area contributed by atoms with Crippen molar-refractivity contribution in [2.75, 3.05) is 6.61 Å². The quantitative estimate of drug-likeness (QED) is 0.208. The van der Waals surface area contributed by atoms with Crippen molar-refractivity contribution < 1.29 is 36.3 Å². The minimum Gasteiger partial charge on any atom is -0.493 e. The van der Waals surface area contributed by atoms with Gasteiger partial charge >= 0.3 is 6.09 Å². The van der Waals surface area contributed by atoms with E-state index in [-0.39, 0.29) is 10.9 Å². The normalized spacial score (nSPS) is 21.7. The first-order chi connectivity index (χ1) is 24.7. The average Bonchev–Trinajstić information content (AvgIpc) is 3.39. The molecule has 2 N–H and O–H groups in total. The number of nitrogens with one attached hydrogen (secondary N) is 2. The van der Waals surface area contributed by atoms with Crippen LogP contribution < -0.4 is 14.8 Å². The topological polar surface area (TPSA) is 114 Å². The van der Waals surface area contributed by atoms with Crippen LogP contribution in [0.3, 0.4) is 0 Å². The largest absolute Gasteiger partial charge is 0.493 e. The molecule has 2 aliphatic heterocycles. The zero-order valence-corrected chi connectivity index (χ0v) is 30.8. The number of hydrogen-bond donors (Lipinski definition) is 2. The van der Waals surface area contributed by atoms with E-state index in [2.05, 4.69) is 10.0 Å². The predicted octanol–water partition coefficient (Wildman–Crippen LogP) is 7.80. The maximum atomic E-state index is 16.9. The highest BCUT2D eigenvalue weighted by Gasteiger charge is 2.54. The number of alkyl halides is 2. The number of benzene rings is 3. The smallest absolute Gasteiger partial charge is 0.407 e. The van der Waals surface area contributed by atoms with Crippen molar-refractivity contribution >= 4 is 22.0 Å². The van der Waals surface area contributed by atoms with E-state index in [9.17, 15) is 18.0 Å². The van der Waals surface area contributed by atoms with Gasteiger partial charge in [-0.3, -0.25) is 4.79 Å². The Labute approximate surface area is 305 Å². The molecule has 3 aromatic rings. The van der Waals surface area contributed by atoms with Gasteiger partial charge < -0.3 is 19.7 Å². The minimum atomic E-state index is -4.61. The van der Waals surface area contributed by atoms with Crippen molar-refractivity contribution in [1.29, 1.82) is 0 Å². The molecule has 1 saturated carbocycles. The molecule has 6 rings (SSSR count). The first kappa shape index (κ1) is 37.7. The molecule has 3 unspecified atom stereocenters. The van der Waals surface area contributed by atoms with Crippen LogP contribution in [0.15, 0.2) is 83.8 Å². The number of alkyl carbamates (subject to hydrolysis) is 1. The van der Waals surface area contributed by atoms with E-state index in [1.807, 2.05) is 6.07 Å². The van der Waals surface area contributed by atoms with Crippen molar-refractivity contribution in [3.63, 3.8) is 0 Å². The molecule has 3 fully saturated rings. The van der Waals surface area contributed by atoms with Gasteiger partial charge in [0.2, 0.25) is 15.9 Å². The van der Waals surface area contributed by atoms with Gasteiger partial charge in [-0.15, -0.1) is 0 Å². The standard InChI is InChI=1S/C40H49F2N3O6S/c1-39(2,3)51-38(47)43-31-24-32-17-18-33(25-31)45(32)37(46)36(40(41,42)30-16-10-15-29(23-30)28-13-8-5-9-14-28)44-52(48,49)35-21-19-34(20-22-35)50-26-27-11-6-4-7-12-27/h5,8-10,13-16,19-23,27,31-33,36,44H,4,6-7,11-12,17-18,24-26H2,1-3H3,(H,43,47). The average molecular weight is 738 g/mol. The van der Waals surface area contributed by atoms with Gasteiger partial charge in [0.25, 0.3) is 5.92 Å². The Morgan fingerprint density at radius 1 is 0.846 bits per heavy atom. The van der Waals surface area contributed by atoms with E-state index >= 15 is 8.78 Å². The number of hydrogen-bond acceptors (Lipinski definition) is 6. The fourth-order valence-corrected chi connectivity index (χ4v) is 8.96. The van der Waals surface area contributed by atoms with Crippen molar-refractivity contribution in [2.45, 2.75) is 119 Å². The summed E-state index contributed by atoms with van der Waals surface area (Å²) < 4.78 is 75.1. The Bertz CT molecular complexity index is 1800. The first-order valence-electron chi connectivity index (χ1n) is 18.3. The van der Waals surface area contributed by atoms with Gasteiger partial charge in [0.05, 0.1) is 11.5 Å². The molecule has 12 heteroatoms. The van der Waals surface area contributed by atoms with E-state index in [0.29, 0.717) is 55.1 Å². The number of sulfonamides is 1. The van der Waals surface area contributed by atoms with Crippen molar-refractivity contribution in [2.24, 2.45) is 5.92 Å². The number of piperidine rings is 1. The number of nitrogens with zero attached hydrogens (tertiary/aromatic N) is 1. The lowest BCUT2D eigenvalue weighted by molar-refractivity contribution is -0.149. The van der Waals surface area contributed by atoms with Crippen LogP contribution >= 0.6 is 0 Å². The van der Waals surface area contributed by atoms with E-state index in [0.717, 1.165) is 12.8 Å². The summed E-state index contributed by atoms with van der Waals surface area (Å²) in [6.45, 7) is 5.81. The van der Waals surface area contributed by atoms with Crippen LogP contribution in [0.5, 0.6) is 5.75 Å². The van der Waals surface area contributed by atoms with Crippen LogP contribution in [0, 0.1) is 5.92 Å². The Morgan fingerprint density at radius 3 is 2.12 bits per heavy atom. The number of fused-ring (bicyclic) bond motifs is 2. The van der Waals surface area contributed by atoms with Gasteiger partial charge in [-0.1, -0.05) is 67.8 Å². The molecular weight excluding hydrogens is 689 g/mol. The lowest BCUT2D eigenvalue weighted by atomic mass is 9.90. The van der Waals surface area contributed by atoms with Crippen molar-refractivity contribution in [3.05, 3.63) is 84.4 Å². The molecule has 0 aromatic heterocycles. The summed E-state index contributed by atoms with van der Waals surface area (Å²) in [5.41, 5.74) is 0.0161. The van der Waals surface area contributed by atoms with Gasteiger partial charge in [0.15, 0.2) is 6.04 Å². The molecule has 2 bridgehead atoms. The Hall–Kier alpha value is -4.03. The van der Waals surface area contributed by atoms with Gasteiger partial charge in [-0.2, -0.15) is 13.5 Å². The van der Waals surface area contributed by atoms with E-state index < -0.39 is 57.2 Å². The van der Waals surface area contributed by atoms with E-state index in [4.69, 9.17) is 9.47 Å². The third kappa shape index (κ3) is 8.94. The molecule has 2 amide bonds. The highest BCUT2D eigenvalue weighted by atomic mass is 32.2. The number of halogens is 2. The SMILES string of the molecule is CC(C)(C)OC(=O)NC1CC2CCC(C1)N2C(=O)C(NS(=O)(=O)c1ccc(OCC2CCCCC2)cc1)C(F)(F)c1cccc(-c2ccccc2)c1. The number of amides is 2. The van der Waals surface area contributed by atoms with Crippen LogP contribution in [0.1, 0.15) is 84.1 Å². The molecule has 3 aromatic carbocycles. The Kier molecular flexibility index (Phi) is 11.3. The molecule has 2 saturated heterocycles. The molecule has 52 heavy (non-hydrogen) atoms. The van der Waals surface area contributed by atoms with Gasteiger partial charge in [0.1, 0.15) is 11.4 Å². The van der Waals surface area contributed by atoms with Crippen molar-refractivity contribution in [3.8, 4) is 16.9 Å². The van der Waals surface area contributed by atoms with Crippen LogP contribution in [-0.2, 0) is 25.5 Å². The third-order valence-corrected chi connectivity index (χ3v) is 11.7. The van der Waals surface area contributed by atoms with Gasteiger partial charge in [0, 0.05) is 23.7 Å². The number of carbonyl (C=O) groups excluding carboxylic acids is 2. The van der Waals surface area contributed by atoms with Crippen LogP contribution in [0.2, 0.25) is 0 Å². The molecule has 9 nitrogen and oxygen atoms in total. The maximum Gasteiger partial charge on any atom is 0.407 e. The lowest BCUT2D eigenvalue weighted by Gasteiger charge is -2.42. The highest BCUT2D eigenvalue weighted by molar-refractivity contribution is 7.89. The third-order valence-electron chi connectivity index (χ3n) is 10.3. The molecule has 0 spiro atoms. The fourth-order valence-electron chi connectivity index (χ4n) is 7.77. The van der Waals surface area contributed by atoms with Gasteiger partial charge in [-0.05, 0) is 107 Å². The second-order valence-corrected chi connectivity index (χ2v) is 17.1. The van der Waals surface area contributed by atoms with Crippen LogP contribution in [0.4, 0.5) is 13.6 Å². The predicted molar refractivity (Wildman–Crippen MR) is 194 cm³/mol. The zero-order chi connectivity index (χ0) is 37.1. The summed E-state index contributed by atoms with van der Waals surface area (Å²) in [5, 5.41) is 2.87. The summed E-state index contributed by atoms with van der Waals surface area (Å²) >= 11 is 0. The summed E-state index contributed by atoms with van der Waals surface area (Å²) in [7, 11) is -4.61. The molecule has 3 atom stereocenters. The Balaban J connectivity index is 1.26. The van der Waals surface area contributed by atoms with Gasteiger partial charge in [-0.25, -0.2) is 13.2 Å². The van der Waals surface area contributed by atoms with Crippen LogP contribution in [0.25, 0.3) is 11.1 Å². The highest BCUT2D eigenvalue weighted by Crippen LogP contribution is 2.41. The summed E-state index contributed by atoms with van der Waals surface area (Å²) in [4.78, 5) is 28.1. The molecular formula is C40H49F2N3O6S. The Morgan fingerprint density at radius 2 is 1.48 bits per heavy atom. The second-order valence-electron chi connectivity index (χ2n) is 15.4. The second kappa shape index (κ2) is 15.5. The summed E-state index contributed by atoms with van der Waals surface area (Å²) in [5.74, 6) is -4.01. The first-order valence-corrected chi connectivity index (χ1v) is 19.8. The number of ether oxygens (including phenoxy) is 2. The minimum absolute atomic E-state index is 0.257. The van der Waals surface area contributed by atoms with E-state index in [1.54, 1.807) is 51.1 Å². The molecule has 1 aliphatic carbocycles. The summed E-state index contributed by atoms with van der Waals surface area (Å²) in [6, 6.07) is 16.6. The fraction of sp³-hybridized carbons (Fsp3) is 0.500. The molecule has 2 heterocycles. The lowest BCUT2D eigenvalue weighted by Crippen LogP contribution is -2.61. The molecule has 280 valence electrons. The van der Waals surface area contributed by atoms with Crippen LogP contribution in [-0.4, -0.2) is 61.7 Å². The zero-order valence-electron chi connectivity index (χ0n) is 30.0. The summed E-state index contributed by atoms with van der Waals surface area (Å²) in [6.07, 6.45) is 6.90. The van der Waals surface area contributed by atoms with Crippen molar-refractivity contribution in [1.82, 2.24) is 14.9 Å². The maximum absolute atomic E-state index is 16.9. The van der Waals surface area contributed by atoms with E-state index in [1.165, 1.54) is 66.6 Å². The molecule has 0 radical (unpaired) electrons. The number of rotatable bonds is 11. The number of carbonyl (C=O) groups is 2. The molecule has 3 aliphatic rings.